The van der Waals surface area contributed by atoms with Crippen LogP contribution in [0.4, 0.5) is 17.6 Å². The van der Waals surface area contributed by atoms with Crippen molar-refractivity contribution >= 4 is 16.9 Å². The highest BCUT2D eigenvalue weighted by molar-refractivity contribution is 5.98. The van der Waals surface area contributed by atoms with Gasteiger partial charge in [0.05, 0.1) is 12.1 Å². The van der Waals surface area contributed by atoms with Crippen molar-refractivity contribution < 1.29 is 26.8 Å². The van der Waals surface area contributed by atoms with Gasteiger partial charge in [-0.15, -0.1) is 0 Å². The van der Waals surface area contributed by atoms with E-state index < -0.39 is 17.4 Å². The fourth-order valence-corrected chi connectivity index (χ4v) is 4.72. The van der Waals surface area contributed by atoms with Crippen molar-refractivity contribution in [2.75, 3.05) is 13.1 Å². The molecular formula is C29H26F4N2O2. The number of alkyl halides is 4. The van der Waals surface area contributed by atoms with Gasteiger partial charge in [-0.2, -0.15) is 13.2 Å². The second-order valence-corrected chi connectivity index (χ2v) is 9.72. The summed E-state index contributed by atoms with van der Waals surface area (Å²) in [5.41, 5.74) is 7.16. The van der Waals surface area contributed by atoms with Crippen LogP contribution in [0.2, 0.25) is 0 Å². The van der Waals surface area contributed by atoms with Crippen molar-refractivity contribution in [3.8, 4) is 22.3 Å². The maximum Gasteiger partial charge on any atom is 0.416 e. The highest BCUT2D eigenvalue weighted by Crippen LogP contribution is 2.38. The van der Waals surface area contributed by atoms with Crippen LogP contribution in [0.25, 0.3) is 33.2 Å². The second-order valence-electron chi connectivity index (χ2n) is 9.72. The Hall–Kier alpha value is -3.65. The molecule has 0 saturated carbocycles. The first-order valence-electron chi connectivity index (χ1n) is 12.1. The lowest BCUT2D eigenvalue weighted by molar-refractivity contribution is -0.137. The summed E-state index contributed by atoms with van der Waals surface area (Å²) >= 11 is 0. The van der Waals surface area contributed by atoms with Gasteiger partial charge in [0.2, 0.25) is 0 Å². The summed E-state index contributed by atoms with van der Waals surface area (Å²) in [7, 11) is 0. The fourth-order valence-electron chi connectivity index (χ4n) is 4.72. The van der Waals surface area contributed by atoms with Crippen molar-refractivity contribution in [1.82, 2.24) is 4.90 Å². The van der Waals surface area contributed by atoms with E-state index in [2.05, 4.69) is 0 Å². The number of carbonyl (C=O) groups is 1. The third-order valence-corrected chi connectivity index (χ3v) is 6.93. The van der Waals surface area contributed by atoms with Crippen molar-refractivity contribution in [3.63, 3.8) is 0 Å². The molecule has 8 heteroatoms. The van der Waals surface area contributed by atoms with Gasteiger partial charge in [0.15, 0.2) is 0 Å². The van der Waals surface area contributed by atoms with E-state index in [1.165, 1.54) is 6.07 Å². The molecule has 0 aliphatic carbocycles. The molecule has 37 heavy (non-hydrogen) atoms. The summed E-state index contributed by atoms with van der Waals surface area (Å²) in [4.78, 5) is 14.6. The zero-order chi connectivity index (χ0) is 26.4. The zero-order valence-corrected chi connectivity index (χ0v) is 20.2. The first kappa shape index (κ1) is 25.0. The molecule has 0 bridgehead atoms. The number of fused-ring (bicyclic) bond motifs is 1. The highest BCUT2D eigenvalue weighted by atomic mass is 19.4. The van der Waals surface area contributed by atoms with E-state index in [0.717, 1.165) is 23.3 Å². The number of benzene rings is 3. The van der Waals surface area contributed by atoms with Crippen LogP contribution in [0.15, 0.2) is 71.1 Å². The standard InChI is InChI=1S/C29H26F4N2O2/c1-28(30)9-11-35(12-10-28)27(36)19-7-5-18(6-8-19)21-13-22-15-24(17-34)37-26(22)25(16-21)20-3-2-4-23(14-20)29(31,32)33/h2-8,13-16H,9-12,17,34H2,1H3. The number of hydrogen-bond donors (Lipinski definition) is 1. The third-order valence-electron chi connectivity index (χ3n) is 6.93. The van der Waals surface area contributed by atoms with E-state index >= 15 is 0 Å². The molecule has 1 aliphatic rings. The number of rotatable bonds is 4. The molecule has 0 spiro atoms. The van der Waals surface area contributed by atoms with E-state index in [-0.39, 0.29) is 12.5 Å². The van der Waals surface area contributed by atoms with Crippen molar-refractivity contribution in [3.05, 3.63) is 83.6 Å². The summed E-state index contributed by atoms with van der Waals surface area (Å²) in [6, 6.07) is 17.6. The van der Waals surface area contributed by atoms with Crippen molar-refractivity contribution in [1.29, 1.82) is 0 Å². The van der Waals surface area contributed by atoms with Crippen LogP contribution in [0.1, 0.15) is 41.4 Å². The first-order valence-corrected chi connectivity index (χ1v) is 12.1. The predicted octanol–water partition coefficient (Wildman–Crippen LogP) is 7.21. The van der Waals surface area contributed by atoms with Gasteiger partial charge in [0.1, 0.15) is 17.0 Å². The molecule has 1 aromatic heterocycles. The van der Waals surface area contributed by atoms with Gasteiger partial charge in [-0.25, -0.2) is 4.39 Å². The van der Waals surface area contributed by atoms with Crippen LogP contribution in [-0.2, 0) is 12.7 Å². The van der Waals surface area contributed by atoms with E-state index in [1.807, 2.05) is 6.07 Å². The smallest absolute Gasteiger partial charge is 0.416 e. The minimum atomic E-state index is -4.47. The lowest BCUT2D eigenvalue weighted by Crippen LogP contribution is -2.43. The van der Waals surface area contributed by atoms with E-state index in [1.54, 1.807) is 54.3 Å². The maximum absolute atomic E-state index is 14.1. The molecule has 1 saturated heterocycles. The Kier molecular flexibility index (Phi) is 6.31. The van der Waals surface area contributed by atoms with Gasteiger partial charge in [0, 0.05) is 29.6 Å². The summed E-state index contributed by atoms with van der Waals surface area (Å²) in [6.07, 6.45) is -3.85. The van der Waals surface area contributed by atoms with Crippen LogP contribution in [0.5, 0.6) is 0 Å². The molecule has 1 aliphatic heterocycles. The molecule has 5 rings (SSSR count). The number of nitrogens with zero attached hydrogens (tertiary/aromatic N) is 1. The maximum atomic E-state index is 14.1. The summed E-state index contributed by atoms with van der Waals surface area (Å²) in [5, 5.41) is 0.716. The van der Waals surface area contributed by atoms with Crippen LogP contribution in [-0.4, -0.2) is 29.6 Å². The number of hydrogen-bond acceptors (Lipinski definition) is 3. The lowest BCUT2D eigenvalue weighted by Gasteiger charge is -2.34. The van der Waals surface area contributed by atoms with Crippen molar-refractivity contribution in [2.24, 2.45) is 5.73 Å². The predicted molar refractivity (Wildman–Crippen MR) is 135 cm³/mol. The molecule has 2 heterocycles. The highest BCUT2D eigenvalue weighted by Gasteiger charge is 2.32. The lowest BCUT2D eigenvalue weighted by atomic mass is 9.94. The first-order chi connectivity index (χ1) is 17.5. The SMILES string of the molecule is CC1(F)CCN(C(=O)c2ccc(-c3cc(-c4cccc(C(F)(F)F)c4)c4oc(CN)cc4c3)cc2)CC1. The third kappa shape index (κ3) is 5.11. The fraction of sp³-hybridized carbons (Fsp3) is 0.276. The largest absolute Gasteiger partial charge is 0.459 e. The Morgan fingerprint density at radius 1 is 0.973 bits per heavy atom. The van der Waals surface area contributed by atoms with Gasteiger partial charge in [0.25, 0.3) is 5.91 Å². The Morgan fingerprint density at radius 2 is 1.68 bits per heavy atom. The number of likely N-dealkylation sites (tertiary alicyclic amines) is 1. The molecule has 2 N–H and O–H groups in total. The topological polar surface area (TPSA) is 59.5 Å². The Bertz CT molecular complexity index is 1450. The minimum Gasteiger partial charge on any atom is -0.459 e. The number of furan rings is 1. The quantitative estimate of drug-likeness (QED) is 0.295. The number of amides is 1. The van der Waals surface area contributed by atoms with Gasteiger partial charge in [-0.3, -0.25) is 4.79 Å². The molecule has 1 fully saturated rings. The minimum absolute atomic E-state index is 0.149. The monoisotopic (exact) mass is 510 g/mol. The molecule has 192 valence electrons. The number of carbonyl (C=O) groups excluding carboxylic acids is 1. The van der Waals surface area contributed by atoms with Crippen molar-refractivity contribution in [2.45, 2.75) is 38.2 Å². The second kappa shape index (κ2) is 9.34. The number of piperidine rings is 1. The number of nitrogens with two attached hydrogens (primary N) is 1. The van der Waals surface area contributed by atoms with Gasteiger partial charge in [-0.05, 0) is 78.9 Å². The molecule has 1 amide bonds. The van der Waals surface area contributed by atoms with Gasteiger partial charge >= 0.3 is 6.18 Å². The van der Waals surface area contributed by atoms with Crippen LogP contribution in [0.3, 0.4) is 0 Å². The molecule has 0 unspecified atom stereocenters. The normalized spacial score (nSPS) is 15.8. The molecule has 4 aromatic rings. The van der Waals surface area contributed by atoms with E-state index in [4.69, 9.17) is 10.2 Å². The zero-order valence-electron chi connectivity index (χ0n) is 20.2. The van der Waals surface area contributed by atoms with Crippen LogP contribution < -0.4 is 5.73 Å². The summed E-state index contributed by atoms with van der Waals surface area (Å²) < 4.78 is 60.1. The van der Waals surface area contributed by atoms with Crippen LogP contribution >= 0.6 is 0 Å². The molecule has 4 nitrogen and oxygen atoms in total. The molecule has 0 atom stereocenters. The average molecular weight is 511 g/mol. The van der Waals surface area contributed by atoms with E-state index in [0.29, 0.717) is 59.4 Å². The summed E-state index contributed by atoms with van der Waals surface area (Å²) in [5.74, 6) is 0.372. The molecular weight excluding hydrogens is 484 g/mol. The molecule has 0 radical (unpaired) electrons. The number of halogens is 4. The summed E-state index contributed by atoms with van der Waals surface area (Å²) in [6.45, 7) is 2.45. The van der Waals surface area contributed by atoms with Gasteiger partial charge < -0.3 is 15.1 Å². The Labute approximate surface area is 211 Å². The molecule has 3 aromatic carbocycles. The van der Waals surface area contributed by atoms with Gasteiger partial charge in [-0.1, -0.05) is 24.3 Å². The Morgan fingerprint density at radius 3 is 2.32 bits per heavy atom. The van der Waals surface area contributed by atoms with Crippen LogP contribution in [0, 0.1) is 0 Å². The average Bonchev–Trinajstić information content (AvgIpc) is 3.31. The van der Waals surface area contributed by atoms with E-state index in [9.17, 15) is 22.4 Å². The Balaban J connectivity index is 1.51.